The predicted molar refractivity (Wildman–Crippen MR) is 91.8 cm³/mol. The smallest absolute Gasteiger partial charge is 0.0764 e. The minimum atomic E-state index is -0.631. The second-order valence-corrected chi connectivity index (χ2v) is 9.06. The molecule has 3 heteroatoms. The highest BCUT2D eigenvalue weighted by Crippen LogP contribution is 2.63. The molecule has 23 heavy (non-hydrogen) atoms. The van der Waals surface area contributed by atoms with Crippen LogP contribution in [-0.4, -0.2) is 34.1 Å². The Hall–Kier alpha value is -0.640. The van der Waals surface area contributed by atoms with Crippen LogP contribution in [0.1, 0.15) is 52.9 Å². The van der Waals surface area contributed by atoms with Gasteiger partial charge in [-0.25, -0.2) is 0 Å². The fourth-order valence-electron chi connectivity index (χ4n) is 6.02. The molecule has 7 atom stereocenters. The number of allylic oxidation sites excluding steroid dienone is 2. The first-order valence-corrected chi connectivity index (χ1v) is 9.01. The van der Waals surface area contributed by atoms with Gasteiger partial charge in [0.1, 0.15) is 0 Å². The summed E-state index contributed by atoms with van der Waals surface area (Å²) in [5.74, 6) is 0.355. The Bertz CT molecular complexity index is 527. The number of hydrogen-bond donors (Lipinski definition) is 3. The summed E-state index contributed by atoms with van der Waals surface area (Å²) in [6.45, 7) is 10.4. The van der Waals surface area contributed by atoms with Gasteiger partial charge in [0.15, 0.2) is 0 Å². The molecule has 3 aliphatic carbocycles. The largest absolute Gasteiger partial charge is 0.396 e. The lowest BCUT2D eigenvalue weighted by Crippen LogP contribution is -2.61. The van der Waals surface area contributed by atoms with Gasteiger partial charge in [-0.15, -0.1) is 6.58 Å². The van der Waals surface area contributed by atoms with Gasteiger partial charge in [0.25, 0.3) is 0 Å². The van der Waals surface area contributed by atoms with Crippen molar-refractivity contribution < 1.29 is 15.3 Å². The molecule has 0 aromatic heterocycles. The molecular weight excluding hydrogens is 288 g/mol. The van der Waals surface area contributed by atoms with E-state index in [1.165, 1.54) is 5.57 Å². The number of fused-ring (bicyclic) bond motifs is 3. The Morgan fingerprint density at radius 3 is 2.52 bits per heavy atom. The molecule has 3 nitrogen and oxygen atoms in total. The maximum Gasteiger partial charge on any atom is 0.0764 e. The van der Waals surface area contributed by atoms with Crippen molar-refractivity contribution in [3.05, 3.63) is 24.3 Å². The van der Waals surface area contributed by atoms with Gasteiger partial charge in [-0.05, 0) is 48.9 Å². The number of hydrogen-bond acceptors (Lipinski definition) is 3. The van der Waals surface area contributed by atoms with Crippen molar-refractivity contribution in [2.24, 2.45) is 28.1 Å². The van der Waals surface area contributed by atoms with E-state index in [1.54, 1.807) is 0 Å². The van der Waals surface area contributed by atoms with Crippen LogP contribution < -0.4 is 0 Å². The first-order valence-electron chi connectivity index (χ1n) is 9.01. The fourth-order valence-corrected chi connectivity index (χ4v) is 6.02. The molecule has 3 rings (SSSR count). The lowest BCUT2D eigenvalue weighted by Gasteiger charge is -2.62. The molecule has 130 valence electrons. The van der Waals surface area contributed by atoms with E-state index in [0.29, 0.717) is 12.3 Å². The van der Waals surface area contributed by atoms with Crippen LogP contribution in [0.15, 0.2) is 24.3 Å². The van der Waals surface area contributed by atoms with Crippen LogP contribution in [0, 0.1) is 28.1 Å². The van der Waals surface area contributed by atoms with E-state index >= 15 is 0 Å². The zero-order chi connectivity index (χ0) is 17.0. The van der Waals surface area contributed by atoms with E-state index in [-0.39, 0.29) is 23.4 Å². The maximum atomic E-state index is 10.9. The van der Waals surface area contributed by atoms with E-state index in [2.05, 4.69) is 26.5 Å². The van der Waals surface area contributed by atoms with E-state index in [9.17, 15) is 15.3 Å². The van der Waals surface area contributed by atoms with Crippen molar-refractivity contribution in [1.29, 1.82) is 0 Å². The lowest BCUT2D eigenvalue weighted by molar-refractivity contribution is -0.178. The van der Waals surface area contributed by atoms with E-state index in [1.807, 2.05) is 13.0 Å². The summed E-state index contributed by atoms with van der Waals surface area (Å²) in [6.07, 6.45) is 7.78. The van der Waals surface area contributed by atoms with Gasteiger partial charge >= 0.3 is 0 Å². The molecule has 3 N–H and O–H groups in total. The van der Waals surface area contributed by atoms with Crippen molar-refractivity contribution in [3.63, 3.8) is 0 Å². The molecule has 2 saturated carbocycles. The Morgan fingerprint density at radius 2 is 1.91 bits per heavy atom. The van der Waals surface area contributed by atoms with E-state index < -0.39 is 17.6 Å². The Labute approximate surface area is 140 Å². The second kappa shape index (κ2) is 5.44. The molecule has 3 aliphatic rings. The van der Waals surface area contributed by atoms with Gasteiger partial charge in [-0.2, -0.15) is 0 Å². The average molecular weight is 320 g/mol. The summed E-state index contributed by atoms with van der Waals surface area (Å²) in [5.41, 5.74) is 0.803. The molecule has 0 aliphatic heterocycles. The summed E-state index contributed by atoms with van der Waals surface area (Å²) in [4.78, 5) is 0. The monoisotopic (exact) mass is 320 g/mol. The summed E-state index contributed by atoms with van der Waals surface area (Å²) in [6, 6.07) is 0. The van der Waals surface area contributed by atoms with Gasteiger partial charge in [0.2, 0.25) is 0 Å². The van der Waals surface area contributed by atoms with Gasteiger partial charge in [-0.3, -0.25) is 0 Å². The van der Waals surface area contributed by atoms with Crippen molar-refractivity contribution in [3.8, 4) is 0 Å². The van der Waals surface area contributed by atoms with Crippen molar-refractivity contribution in [2.75, 3.05) is 6.61 Å². The minimum Gasteiger partial charge on any atom is -0.396 e. The van der Waals surface area contributed by atoms with Gasteiger partial charge < -0.3 is 15.3 Å². The Balaban J connectivity index is 2.04. The summed E-state index contributed by atoms with van der Waals surface area (Å²) in [5, 5.41) is 31.4. The van der Waals surface area contributed by atoms with Crippen molar-refractivity contribution >= 4 is 0 Å². The quantitative estimate of drug-likeness (QED) is 0.685. The zero-order valence-corrected chi connectivity index (χ0v) is 14.8. The molecular formula is C20H32O3. The zero-order valence-electron chi connectivity index (χ0n) is 14.8. The first-order chi connectivity index (χ1) is 10.7. The Kier molecular flexibility index (Phi) is 4.06. The van der Waals surface area contributed by atoms with Crippen LogP contribution >= 0.6 is 0 Å². The van der Waals surface area contributed by atoms with Gasteiger partial charge in [0.05, 0.1) is 18.8 Å². The number of aliphatic hydroxyl groups is 3. The first kappa shape index (κ1) is 17.2. The fraction of sp³-hybridized carbons (Fsp3) is 0.800. The highest BCUT2D eigenvalue weighted by atomic mass is 16.3. The van der Waals surface area contributed by atoms with Gasteiger partial charge in [-0.1, -0.05) is 38.5 Å². The summed E-state index contributed by atoms with van der Waals surface area (Å²) >= 11 is 0. The summed E-state index contributed by atoms with van der Waals surface area (Å²) in [7, 11) is 0. The van der Waals surface area contributed by atoms with Crippen LogP contribution in [0.4, 0.5) is 0 Å². The normalized spacial score (nSPS) is 53.0. The van der Waals surface area contributed by atoms with Crippen LogP contribution in [0.25, 0.3) is 0 Å². The average Bonchev–Trinajstić information content (AvgIpc) is 2.51. The van der Waals surface area contributed by atoms with Crippen LogP contribution in [0.3, 0.4) is 0 Å². The highest BCUT2D eigenvalue weighted by Gasteiger charge is 2.60. The van der Waals surface area contributed by atoms with Gasteiger partial charge in [0, 0.05) is 11.3 Å². The van der Waals surface area contributed by atoms with Crippen LogP contribution in [0.5, 0.6) is 0 Å². The van der Waals surface area contributed by atoms with E-state index in [4.69, 9.17) is 0 Å². The van der Waals surface area contributed by atoms with Crippen LogP contribution in [0.2, 0.25) is 0 Å². The third kappa shape index (κ3) is 2.35. The SMILES string of the molecule is C=C[C@]1(C)CC[C@@H]2C(=C[C@@H](O)[C@@H]3[C@]2(C)CC[C@H](O)[C@]3(C)CO)C1. The second-order valence-electron chi connectivity index (χ2n) is 9.06. The number of rotatable bonds is 2. The number of aliphatic hydroxyl groups excluding tert-OH is 3. The highest BCUT2D eigenvalue weighted by molar-refractivity contribution is 5.28. The van der Waals surface area contributed by atoms with Crippen molar-refractivity contribution in [1.82, 2.24) is 0 Å². The topological polar surface area (TPSA) is 60.7 Å². The third-order valence-corrected chi connectivity index (χ3v) is 7.55. The standard InChI is InChI=1S/C20H32O3/c1-5-18(2)8-6-14-13(11-18)10-15(22)17-19(14,3)9-7-16(23)20(17,4)12-21/h5,10,14-17,21-23H,1,6-9,11-12H2,2-4H3/t14-,15-,16+,17-,18-,19-,20+/m1/s1. The molecule has 0 saturated heterocycles. The molecule has 0 unspecified atom stereocenters. The summed E-state index contributed by atoms with van der Waals surface area (Å²) < 4.78 is 0. The lowest BCUT2D eigenvalue weighted by atomic mass is 9.44. The molecule has 0 radical (unpaired) electrons. The molecule has 0 aromatic rings. The third-order valence-electron chi connectivity index (χ3n) is 7.55. The molecule has 0 aromatic carbocycles. The molecule has 0 bridgehead atoms. The minimum absolute atomic E-state index is 0.0529. The van der Waals surface area contributed by atoms with Crippen LogP contribution in [-0.2, 0) is 0 Å². The predicted octanol–water partition coefficient (Wildman–Crippen LogP) is 3.06. The molecule has 0 heterocycles. The Morgan fingerprint density at radius 1 is 1.22 bits per heavy atom. The molecule has 2 fully saturated rings. The van der Waals surface area contributed by atoms with Crippen molar-refractivity contribution in [2.45, 2.75) is 65.1 Å². The maximum absolute atomic E-state index is 10.9. The molecule has 0 amide bonds. The molecule has 0 spiro atoms. The van der Waals surface area contributed by atoms with E-state index in [0.717, 1.165) is 25.7 Å².